The van der Waals surface area contributed by atoms with Gasteiger partial charge in [-0.15, -0.1) is 0 Å². The van der Waals surface area contributed by atoms with Crippen molar-refractivity contribution >= 4 is 33.0 Å². The summed E-state index contributed by atoms with van der Waals surface area (Å²) in [6, 6.07) is 4.07. The summed E-state index contributed by atoms with van der Waals surface area (Å²) in [6.07, 6.45) is 4.80. The van der Waals surface area contributed by atoms with Crippen molar-refractivity contribution in [1.82, 2.24) is 20.2 Å². The number of aromatic nitrogens is 2. The van der Waals surface area contributed by atoms with E-state index in [-0.39, 0.29) is 12.1 Å². The van der Waals surface area contributed by atoms with Gasteiger partial charge >= 0.3 is 6.03 Å². The number of carbonyl (C=O) groups is 1. The molecule has 1 N–H and O–H groups in total. The summed E-state index contributed by atoms with van der Waals surface area (Å²) in [4.78, 5) is 23.2. The highest BCUT2D eigenvalue weighted by Crippen LogP contribution is 2.23. The molecule has 2 aliphatic rings. The van der Waals surface area contributed by atoms with Crippen molar-refractivity contribution in [2.24, 2.45) is 0 Å². The Balaban J connectivity index is 1.47. The van der Waals surface area contributed by atoms with Gasteiger partial charge in [0.1, 0.15) is 0 Å². The average molecular weight is 391 g/mol. The molecule has 2 aliphatic heterocycles. The van der Waals surface area contributed by atoms with Gasteiger partial charge in [0.25, 0.3) is 0 Å². The quantitative estimate of drug-likeness (QED) is 0.855. The topological polar surface area (TPSA) is 67.3 Å². The molecule has 0 aliphatic carbocycles. The number of ether oxygens (including phenoxy) is 1. The van der Waals surface area contributed by atoms with Crippen molar-refractivity contribution in [2.45, 2.75) is 31.9 Å². The lowest BCUT2D eigenvalue weighted by molar-refractivity contribution is 0.108. The van der Waals surface area contributed by atoms with Gasteiger partial charge in [-0.2, -0.15) is 0 Å². The largest absolute Gasteiger partial charge is 0.376 e. The van der Waals surface area contributed by atoms with E-state index in [1.165, 1.54) is 0 Å². The fraction of sp³-hybridized carbons (Fsp3) is 0.471. The second kappa shape index (κ2) is 6.64. The van der Waals surface area contributed by atoms with Crippen LogP contribution in [-0.2, 0) is 17.7 Å². The molecule has 126 valence electrons. The molecule has 7 heteroatoms. The van der Waals surface area contributed by atoms with Gasteiger partial charge < -0.3 is 15.0 Å². The Bertz CT molecular complexity index is 777. The Hall–Kier alpha value is -1.73. The molecule has 1 atom stereocenters. The van der Waals surface area contributed by atoms with Crippen LogP contribution in [0.2, 0.25) is 0 Å². The van der Waals surface area contributed by atoms with Gasteiger partial charge in [0, 0.05) is 54.4 Å². The molecule has 6 nitrogen and oxygen atoms in total. The Morgan fingerprint density at radius 3 is 3.21 bits per heavy atom. The van der Waals surface area contributed by atoms with Crippen LogP contribution >= 0.6 is 15.9 Å². The maximum Gasteiger partial charge on any atom is 0.317 e. The first-order valence-corrected chi connectivity index (χ1v) is 9.07. The van der Waals surface area contributed by atoms with Crippen LogP contribution in [0.1, 0.15) is 24.1 Å². The molecule has 0 bridgehead atoms. The van der Waals surface area contributed by atoms with E-state index in [0.717, 1.165) is 52.6 Å². The van der Waals surface area contributed by atoms with E-state index in [9.17, 15) is 4.79 Å². The van der Waals surface area contributed by atoms with Gasteiger partial charge in [-0.05, 0) is 46.5 Å². The molecule has 0 radical (unpaired) electrons. The van der Waals surface area contributed by atoms with Crippen LogP contribution in [0.5, 0.6) is 0 Å². The maximum atomic E-state index is 12.4. The molecular formula is C17H19BrN4O2. The Labute approximate surface area is 148 Å². The van der Waals surface area contributed by atoms with E-state index < -0.39 is 0 Å². The number of hydrogen-bond donors (Lipinski definition) is 1. The van der Waals surface area contributed by atoms with E-state index in [4.69, 9.17) is 4.74 Å². The smallest absolute Gasteiger partial charge is 0.317 e. The maximum absolute atomic E-state index is 12.4. The van der Waals surface area contributed by atoms with Crippen LogP contribution in [0.3, 0.4) is 0 Å². The van der Waals surface area contributed by atoms with Crippen LogP contribution < -0.4 is 5.32 Å². The van der Waals surface area contributed by atoms with E-state index >= 15 is 0 Å². The highest BCUT2D eigenvalue weighted by Gasteiger charge is 2.23. The summed E-state index contributed by atoms with van der Waals surface area (Å²) in [5.74, 6) is 0. The summed E-state index contributed by atoms with van der Waals surface area (Å²) in [5, 5.41) is 3.98. The van der Waals surface area contributed by atoms with Crippen LogP contribution in [0.4, 0.5) is 4.79 Å². The zero-order valence-corrected chi connectivity index (χ0v) is 14.9. The van der Waals surface area contributed by atoms with Crippen molar-refractivity contribution in [3.05, 3.63) is 34.1 Å². The lowest BCUT2D eigenvalue weighted by Crippen LogP contribution is -2.45. The predicted octanol–water partition coefficient (Wildman–Crippen LogP) is 2.64. The van der Waals surface area contributed by atoms with Gasteiger partial charge in [0.05, 0.1) is 6.10 Å². The lowest BCUT2D eigenvalue weighted by Gasteiger charge is -2.29. The number of amides is 2. The van der Waals surface area contributed by atoms with Crippen molar-refractivity contribution < 1.29 is 9.53 Å². The van der Waals surface area contributed by atoms with Crippen molar-refractivity contribution in [3.63, 3.8) is 0 Å². The minimum atomic E-state index is -0.0244. The molecule has 0 spiro atoms. The van der Waals surface area contributed by atoms with Gasteiger partial charge in [0.15, 0.2) is 5.65 Å². The van der Waals surface area contributed by atoms with Crippen LogP contribution in [0.15, 0.2) is 22.8 Å². The lowest BCUT2D eigenvalue weighted by atomic mass is 10.0. The number of halogens is 1. The third-order valence-electron chi connectivity index (χ3n) is 4.57. The number of urea groups is 1. The minimum absolute atomic E-state index is 0.0244. The molecule has 2 aromatic rings. The second-order valence-corrected chi connectivity index (χ2v) is 7.20. The number of hydrogen-bond acceptors (Lipinski definition) is 4. The van der Waals surface area contributed by atoms with E-state index in [0.29, 0.717) is 19.6 Å². The summed E-state index contributed by atoms with van der Waals surface area (Å²) in [5.41, 5.74) is 2.90. The first-order valence-electron chi connectivity index (χ1n) is 8.27. The highest BCUT2D eigenvalue weighted by molar-refractivity contribution is 9.10. The van der Waals surface area contributed by atoms with Crippen LogP contribution in [0.25, 0.3) is 11.0 Å². The first-order chi connectivity index (χ1) is 11.7. The van der Waals surface area contributed by atoms with Gasteiger partial charge in [0.2, 0.25) is 0 Å². The molecule has 1 unspecified atom stereocenters. The third kappa shape index (κ3) is 3.23. The highest BCUT2D eigenvalue weighted by atomic mass is 79.9. The summed E-state index contributed by atoms with van der Waals surface area (Å²) >= 11 is 3.44. The van der Waals surface area contributed by atoms with Crippen molar-refractivity contribution in [3.8, 4) is 0 Å². The van der Waals surface area contributed by atoms with Crippen LogP contribution in [0, 0.1) is 0 Å². The van der Waals surface area contributed by atoms with E-state index in [2.05, 4.69) is 37.3 Å². The molecule has 2 aromatic heterocycles. The van der Waals surface area contributed by atoms with Gasteiger partial charge in [-0.25, -0.2) is 14.8 Å². The fourth-order valence-corrected chi connectivity index (χ4v) is 3.64. The Kier molecular flexibility index (Phi) is 4.37. The second-order valence-electron chi connectivity index (χ2n) is 6.29. The first kappa shape index (κ1) is 15.8. The number of nitrogens with zero attached hydrogens (tertiary/aromatic N) is 3. The number of nitrogens with one attached hydrogen (secondary N) is 1. The van der Waals surface area contributed by atoms with Gasteiger partial charge in [-0.1, -0.05) is 0 Å². The van der Waals surface area contributed by atoms with E-state index in [1.54, 1.807) is 6.20 Å². The minimum Gasteiger partial charge on any atom is -0.376 e. The number of pyridine rings is 2. The predicted molar refractivity (Wildman–Crippen MR) is 93.7 cm³/mol. The number of fused-ring (bicyclic) bond motifs is 2. The van der Waals surface area contributed by atoms with Crippen molar-refractivity contribution in [1.29, 1.82) is 0 Å². The number of rotatable bonds is 2. The summed E-state index contributed by atoms with van der Waals surface area (Å²) in [7, 11) is 0. The van der Waals surface area contributed by atoms with Gasteiger partial charge in [-0.3, -0.25) is 0 Å². The van der Waals surface area contributed by atoms with Crippen molar-refractivity contribution in [2.75, 3.05) is 19.7 Å². The third-order valence-corrected chi connectivity index (χ3v) is 5.01. The summed E-state index contributed by atoms with van der Waals surface area (Å²) < 4.78 is 6.48. The molecule has 4 heterocycles. The Morgan fingerprint density at radius 2 is 2.38 bits per heavy atom. The normalized spacial score (nSPS) is 20.2. The molecule has 0 aromatic carbocycles. The average Bonchev–Trinajstić information content (AvgIpc) is 3.11. The molecule has 2 amide bonds. The molecule has 24 heavy (non-hydrogen) atoms. The summed E-state index contributed by atoms with van der Waals surface area (Å²) in [6.45, 7) is 2.66. The molecular weight excluding hydrogens is 372 g/mol. The zero-order chi connectivity index (χ0) is 16.5. The fourth-order valence-electron chi connectivity index (χ4n) is 3.29. The Morgan fingerprint density at radius 1 is 1.46 bits per heavy atom. The zero-order valence-electron chi connectivity index (χ0n) is 13.3. The number of carbonyl (C=O) groups excluding carboxylic acids is 1. The van der Waals surface area contributed by atoms with Crippen LogP contribution in [-0.4, -0.2) is 46.7 Å². The van der Waals surface area contributed by atoms with E-state index in [1.807, 2.05) is 11.0 Å². The SMILES string of the molecule is O=C(NCC1CCCO1)N1CCc2nc3ncc(Br)cc3cc2C1. The molecule has 1 saturated heterocycles. The molecule has 1 fully saturated rings. The standard InChI is InChI=1S/C17H19BrN4O2/c18-13-7-11-6-12-10-22(4-3-15(12)21-16(11)19-8-13)17(23)20-9-14-2-1-5-24-14/h6-8,14H,1-5,9-10H2,(H,20,23). The molecule has 0 saturated carbocycles. The monoisotopic (exact) mass is 390 g/mol. The molecule has 4 rings (SSSR count).